The fourth-order valence-corrected chi connectivity index (χ4v) is 3.93. The van der Waals surface area contributed by atoms with Gasteiger partial charge in [0.2, 0.25) is 0 Å². The molecule has 0 aliphatic carbocycles. The van der Waals surface area contributed by atoms with Crippen LogP contribution in [0.15, 0.2) is 41.3 Å². The third-order valence-corrected chi connectivity index (χ3v) is 5.29. The van der Waals surface area contributed by atoms with Gasteiger partial charge in [-0.1, -0.05) is 0 Å². The van der Waals surface area contributed by atoms with Gasteiger partial charge in [-0.05, 0) is 65.4 Å². The minimum Gasteiger partial charge on any atom is -0.486 e. The molecule has 0 atom stereocenters. The monoisotopic (exact) mass is 431 g/mol. The molecule has 1 aliphatic heterocycles. The van der Waals surface area contributed by atoms with Crippen LogP contribution >= 0.6 is 22.6 Å². The van der Waals surface area contributed by atoms with Crippen LogP contribution in [0, 0.1) is 10.5 Å². The van der Waals surface area contributed by atoms with Gasteiger partial charge in [-0.2, -0.15) is 0 Å². The van der Waals surface area contributed by atoms with Crippen LogP contribution in [0.5, 0.6) is 11.5 Å². The zero-order valence-corrected chi connectivity index (χ0v) is 14.8. The molecule has 116 valence electrons. The first-order valence-electron chi connectivity index (χ1n) is 6.64. The molecule has 0 saturated carbocycles. The van der Waals surface area contributed by atoms with E-state index in [2.05, 4.69) is 27.3 Å². The second-order valence-electron chi connectivity index (χ2n) is 4.87. The molecule has 2 aromatic carbocycles. The highest BCUT2D eigenvalue weighted by Gasteiger charge is 2.20. The number of benzene rings is 2. The maximum absolute atomic E-state index is 12.5. The lowest BCUT2D eigenvalue weighted by Crippen LogP contribution is -2.17. The van der Waals surface area contributed by atoms with Gasteiger partial charge in [0.05, 0.1) is 10.6 Å². The zero-order chi connectivity index (χ0) is 15.7. The molecule has 0 radical (unpaired) electrons. The van der Waals surface area contributed by atoms with E-state index in [0.717, 1.165) is 9.13 Å². The molecule has 22 heavy (non-hydrogen) atoms. The number of hydrogen-bond acceptors (Lipinski definition) is 4. The van der Waals surface area contributed by atoms with Crippen molar-refractivity contribution in [2.75, 3.05) is 17.9 Å². The molecule has 1 aliphatic rings. The Morgan fingerprint density at radius 2 is 1.77 bits per heavy atom. The summed E-state index contributed by atoms with van der Waals surface area (Å²) in [6.07, 6.45) is 0. The summed E-state index contributed by atoms with van der Waals surface area (Å²) in [6.45, 7) is 2.75. The maximum atomic E-state index is 12.5. The van der Waals surface area contributed by atoms with E-state index in [1.807, 2.05) is 19.1 Å². The Hall–Kier alpha value is -1.48. The lowest BCUT2D eigenvalue weighted by atomic mass is 10.2. The van der Waals surface area contributed by atoms with E-state index in [0.29, 0.717) is 30.4 Å². The highest BCUT2D eigenvalue weighted by Crippen LogP contribution is 2.33. The van der Waals surface area contributed by atoms with E-state index in [1.165, 1.54) is 12.1 Å². The molecule has 0 amide bonds. The normalized spacial score (nSPS) is 13.7. The Labute approximate surface area is 142 Å². The van der Waals surface area contributed by atoms with Crippen molar-refractivity contribution in [2.24, 2.45) is 0 Å². The molecule has 0 saturated heterocycles. The number of halogens is 1. The van der Waals surface area contributed by atoms with Gasteiger partial charge < -0.3 is 9.47 Å². The molecule has 0 aromatic heterocycles. The molecule has 5 nitrogen and oxygen atoms in total. The summed E-state index contributed by atoms with van der Waals surface area (Å²) >= 11 is 2.19. The lowest BCUT2D eigenvalue weighted by Gasteiger charge is -2.19. The van der Waals surface area contributed by atoms with Crippen LogP contribution in [0.25, 0.3) is 0 Å². The molecular formula is C15H14INO4S. The van der Waals surface area contributed by atoms with E-state index < -0.39 is 10.0 Å². The minimum absolute atomic E-state index is 0.148. The van der Waals surface area contributed by atoms with Crippen molar-refractivity contribution in [3.8, 4) is 11.5 Å². The van der Waals surface area contributed by atoms with E-state index in [4.69, 9.17) is 9.47 Å². The number of rotatable bonds is 3. The second kappa shape index (κ2) is 5.96. The van der Waals surface area contributed by atoms with Crippen molar-refractivity contribution in [3.63, 3.8) is 0 Å². The number of ether oxygens (including phenoxy) is 2. The van der Waals surface area contributed by atoms with Gasteiger partial charge in [0.1, 0.15) is 13.2 Å². The minimum atomic E-state index is -3.67. The highest BCUT2D eigenvalue weighted by atomic mass is 127. The van der Waals surface area contributed by atoms with Gasteiger partial charge in [-0.15, -0.1) is 0 Å². The van der Waals surface area contributed by atoms with Crippen molar-refractivity contribution in [3.05, 3.63) is 45.5 Å². The number of aryl methyl sites for hydroxylation is 1. The number of anilines is 1. The number of fused-ring (bicyclic) bond motifs is 1. The molecule has 2 aromatic rings. The summed E-state index contributed by atoms with van der Waals surface area (Å²) in [4.78, 5) is 0.148. The summed E-state index contributed by atoms with van der Waals surface area (Å²) < 4.78 is 39.5. The zero-order valence-electron chi connectivity index (χ0n) is 11.8. The molecular weight excluding hydrogens is 417 g/mol. The average Bonchev–Trinajstić information content (AvgIpc) is 2.49. The predicted octanol–water partition coefficient (Wildman–Crippen LogP) is 3.17. The molecule has 7 heteroatoms. The largest absolute Gasteiger partial charge is 0.486 e. The molecule has 0 fully saturated rings. The van der Waals surface area contributed by atoms with Gasteiger partial charge in [0.25, 0.3) is 10.0 Å². The molecule has 0 unspecified atom stereocenters. The summed E-state index contributed by atoms with van der Waals surface area (Å²) in [5.41, 5.74) is 1.43. The Kier molecular flexibility index (Phi) is 4.18. The van der Waals surface area contributed by atoms with Crippen LogP contribution in [0.1, 0.15) is 5.56 Å². The van der Waals surface area contributed by atoms with E-state index >= 15 is 0 Å². The Morgan fingerprint density at radius 1 is 1.05 bits per heavy atom. The van der Waals surface area contributed by atoms with Gasteiger partial charge in [-0.3, -0.25) is 4.72 Å². The van der Waals surface area contributed by atoms with Gasteiger partial charge in [-0.25, -0.2) is 8.42 Å². The van der Waals surface area contributed by atoms with Gasteiger partial charge in [0.15, 0.2) is 11.5 Å². The molecule has 3 rings (SSSR count). The lowest BCUT2D eigenvalue weighted by molar-refractivity contribution is 0.171. The quantitative estimate of drug-likeness (QED) is 0.759. The third kappa shape index (κ3) is 3.14. The van der Waals surface area contributed by atoms with Crippen LogP contribution in [0.2, 0.25) is 0 Å². The second-order valence-corrected chi connectivity index (χ2v) is 7.80. The van der Waals surface area contributed by atoms with Crippen molar-refractivity contribution in [1.82, 2.24) is 0 Å². The highest BCUT2D eigenvalue weighted by molar-refractivity contribution is 14.1. The fourth-order valence-electron chi connectivity index (χ4n) is 2.14. The number of sulfonamides is 1. The Morgan fingerprint density at radius 3 is 2.50 bits per heavy atom. The summed E-state index contributed by atoms with van der Waals surface area (Å²) in [5, 5.41) is 0. The van der Waals surface area contributed by atoms with Crippen LogP contribution in [-0.2, 0) is 10.0 Å². The SMILES string of the molecule is Cc1cc(I)ccc1NS(=O)(=O)c1ccc2c(c1)OCCO2. The van der Waals surface area contributed by atoms with Gasteiger partial charge in [0, 0.05) is 9.64 Å². The number of nitrogens with one attached hydrogen (secondary N) is 1. The van der Waals surface area contributed by atoms with Crippen molar-refractivity contribution in [1.29, 1.82) is 0 Å². The van der Waals surface area contributed by atoms with Crippen LogP contribution in [-0.4, -0.2) is 21.6 Å². The van der Waals surface area contributed by atoms with Crippen LogP contribution < -0.4 is 14.2 Å². The average molecular weight is 431 g/mol. The third-order valence-electron chi connectivity index (χ3n) is 3.26. The maximum Gasteiger partial charge on any atom is 0.262 e. The standard InChI is InChI=1S/C15H14INO4S/c1-10-8-11(16)2-4-13(10)17-22(18,19)12-3-5-14-15(9-12)21-7-6-20-14/h2-5,8-9,17H,6-7H2,1H3. The predicted molar refractivity (Wildman–Crippen MR) is 92.1 cm³/mol. The summed E-state index contributed by atoms with van der Waals surface area (Å²) in [6, 6.07) is 10.1. The Bertz CT molecular complexity index is 820. The summed E-state index contributed by atoms with van der Waals surface area (Å²) in [5.74, 6) is 1.02. The van der Waals surface area contributed by atoms with Crippen molar-refractivity contribution in [2.45, 2.75) is 11.8 Å². The molecule has 0 bridgehead atoms. The van der Waals surface area contributed by atoms with E-state index in [-0.39, 0.29) is 4.90 Å². The first-order chi connectivity index (χ1) is 10.5. The van der Waals surface area contributed by atoms with Crippen molar-refractivity contribution >= 4 is 38.3 Å². The summed E-state index contributed by atoms with van der Waals surface area (Å²) in [7, 11) is -3.67. The molecule has 1 N–H and O–H groups in total. The van der Waals surface area contributed by atoms with Crippen molar-refractivity contribution < 1.29 is 17.9 Å². The van der Waals surface area contributed by atoms with Gasteiger partial charge >= 0.3 is 0 Å². The van der Waals surface area contributed by atoms with Crippen LogP contribution in [0.4, 0.5) is 5.69 Å². The fraction of sp³-hybridized carbons (Fsp3) is 0.200. The first kappa shape index (κ1) is 15.4. The number of hydrogen-bond donors (Lipinski definition) is 1. The van der Waals surface area contributed by atoms with Crippen LogP contribution in [0.3, 0.4) is 0 Å². The van der Waals surface area contributed by atoms with E-state index in [1.54, 1.807) is 12.1 Å². The smallest absolute Gasteiger partial charge is 0.262 e. The molecule has 1 heterocycles. The first-order valence-corrected chi connectivity index (χ1v) is 9.20. The molecule has 0 spiro atoms. The topological polar surface area (TPSA) is 64.6 Å². The van der Waals surface area contributed by atoms with E-state index in [9.17, 15) is 8.42 Å². The Balaban J connectivity index is 1.92.